The molecule has 3 N–H and O–H groups in total. The highest BCUT2D eigenvalue weighted by molar-refractivity contribution is 5.83. The summed E-state index contributed by atoms with van der Waals surface area (Å²) in [6, 6.07) is 0. The average molecular weight is 1050 g/mol. The number of rotatable bonds is 16. The molecule has 18 heteroatoms. The van der Waals surface area contributed by atoms with E-state index in [2.05, 4.69) is 13.0 Å². The molecule has 8 aliphatic rings. The number of fused-ring (bicyclic) bond motifs is 5. The van der Waals surface area contributed by atoms with Crippen LogP contribution in [0.4, 0.5) is 0 Å². The fourth-order valence-electron chi connectivity index (χ4n) is 14.7. The number of Topliss-reactive ketones (excluding diaryl/α,β-unsaturated/α-hetero) is 1. The van der Waals surface area contributed by atoms with Crippen molar-refractivity contribution < 1.29 is 86.5 Å². The number of ketones is 1. The van der Waals surface area contributed by atoms with Crippen LogP contribution in [0.5, 0.6) is 0 Å². The molecule has 0 aromatic carbocycles. The van der Waals surface area contributed by atoms with E-state index in [-0.39, 0.29) is 49.0 Å². The molecule has 0 spiro atoms. The van der Waals surface area contributed by atoms with Gasteiger partial charge in [0.1, 0.15) is 47.5 Å². The number of aliphatic hydroxyl groups excluding tert-OH is 1. The Morgan fingerprint density at radius 2 is 1.15 bits per heavy atom. The molecule has 4 heterocycles. The van der Waals surface area contributed by atoms with Gasteiger partial charge < -0.3 is 76.9 Å². The number of ether oxygens (including phenoxy) is 13. The lowest BCUT2D eigenvalue weighted by molar-refractivity contribution is -0.347. The first-order chi connectivity index (χ1) is 34.9. The first kappa shape index (κ1) is 58.2. The van der Waals surface area contributed by atoms with Gasteiger partial charge in [0.2, 0.25) is 0 Å². The molecular weight excluding hydrogens is 961 g/mol. The van der Waals surface area contributed by atoms with Crippen LogP contribution in [0.25, 0.3) is 0 Å². The molecular formula is C56H90O18. The second kappa shape index (κ2) is 23.0. The zero-order valence-corrected chi connectivity index (χ0v) is 46.5. The molecule has 7 fully saturated rings. The number of allylic oxidation sites excluding steroid dienone is 1. The van der Waals surface area contributed by atoms with Crippen LogP contribution in [0, 0.1) is 28.6 Å². The highest BCUT2D eigenvalue weighted by Gasteiger charge is 2.77. The molecule has 0 unspecified atom stereocenters. The van der Waals surface area contributed by atoms with Gasteiger partial charge in [-0.1, -0.05) is 44.9 Å². The Bertz CT molecular complexity index is 2020. The van der Waals surface area contributed by atoms with Gasteiger partial charge in [-0.05, 0) is 97.8 Å². The maximum absolute atomic E-state index is 13.6. The van der Waals surface area contributed by atoms with E-state index in [0.29, 0.717) is 57.8 Å². The molecule has 0 aromatic heterocycles. The minimum atomic E-state index is -1.66. The van der Waals surface area contributed by atoms with E-state index >= 15 is 0 Å². The summed E-state index contributed by atoms with van der Waals surface area (Å²) in [5.41, 5.74) is -2.87. The third-order valence-corrected chi connectivity index (χ3v) is 19.4. The van der Waals surface area contributed by atoms with Gasteiger partial charge in [0, 0.05) is 77.4 Å². The van der Waals surface area contributed by atoms with Crippen molar-refractivity contribution in [3.05, 3.63) is 23.3 Å². The van der Waals surface area contributed by atoms with Gasteiger partial charge in [0.15, 0.2) is 25.2 Å². The van der Waals surface area contributed by atoms with Crippen molar-refractivity contribution in [1.29, 1.82) is 0 Å². The average Bonchev–Trinajstić information content (AvgIpc) is 3.65. The minimum Gasteiger partial charge on any atom is -0.458 e. The maximum atomic E-state index is 13.6. The van der Waals surface area contributed by atoms with Crippen molar-refractivity contribution in [3.8, 4) is 0 Å². The molecule has 0 aromatic rings. The van der Waals surface area contributed by atoms with Crippen LogP contribution in [0.15, 0.2) is 23.3 Å². The van der Waals surface area contributed by atoms with Crippen LogP contribution in [-0.4, -0.2) is 177 Å². The van der Waals surface area contributed by atoms with Crippen LogP contribution >= 0.6 is 0 Å². The summed E-state index contributed by atoms with van der Waals surface area (Å²) in [7, 11) is 6.52. The Kier molecular flexibility index (Phi) is 18.1. The molecule has 8 rings (SSSR count). The van der Waals surface area contributed by atoms with Crippen molar-refractivity contribution in [3.63, 3.8) is 0 Å². The number of carbonyl (C=O) groups is 2. The Balaban J connectivity index is 0.869. The lowest BCUT2D eigenvalue weighted by Crippen LogP contribution is -2.75. The standard InChI is InChI=1S/C56H90O18/c1-28(2)29(3)21-44(58)71-43-27-42-53(9)18-16-36(22-35(53)15-19-55(42,60)56(61)20-17-37(30(4)57)54(43,56)10)70-45-24-39(63-12)50(32(6)67-45)73-47-26-41(65-14)52(34(8)69-47)74-48-25-40(64-13)51(33(7)68-48)72-46-23-38(62-11)49(59)31(5)66-46/h15,21,28,31-34,36-43,45-52,59-61H,16-20,22-27H2,1-14H3/b29-21+/t31-,32-,33-,34-,36+,37+,38-,39+,40-,41+,42-,43-,45+,46+,47+,48+,49-,50-,51-,52-,53+,54+,55+,56-/m1/s1. The Morgan fingerprint density at radius 3 is 1.62 bits per heavy atom. The molecule has 4 aliphatic carbocycles. The Labute approximate surface area is 439 Å². The molecule has 422 valence electrons. The van der Waals surface area contributed by atoms with Crippen LogP contribution in [0.2, 0.25) is 0 Å². The van der Waals surface area contributed by atoms with Crippen LogP contribution in [0.3, 0.4) is 0 Å². The van der Waals surface area contributed by atoms with E-state index in [1.54, 1.807) is 35.4 Å². The summed E-state index contributed by atoms with van der Waals surface area (Å²) < 4.78 is 81.8. The number of hydrogen-bond acceptors (Lipinski definition) is 18. The number of hydrogen-bond donors (Lipinski definition) is 3. The number of esters is 1. The fourth-order valence-corrected chi connectivity index (χ4v) is 14.7. The van der Waals surface area contributed by atoms with Gasteiger partial charge in [0.05, 0.1) is 54.9 Å². The second-order valence-corrected chi connectivity index (χ2v) is 23.8. The van der Waals surface area contributed by atoms with Crippen LogP contribution in [-0.2, 0) is 71.2 Å². The SMILES string of the molecule is CO[C@H]1C[C@H](O[C@H]2CC[C@@]3(C)C(=CC[C@]4(O)[C@@H]3C[C@@H](OC(=O)/C=C(\C)C(C)C)[C@]3(C)[C@H](C(C)=O)CC[C@@]34O)C2)O[C@H](C)[C@H]1O[C@H]1C[C@H](OC)[C@H](O[C@H]2C[C@@H](OC)[C@H](O[C@H]3C[C@@H](OC)[C@H](O)[C@@H](C)O3)[C@@H](C)O2)[C@@H](C)O1. The predicted octanol–water partition coefficient (Wildman–Crippen LogP) is 6.01. The highest BCUT2D eigenvalue weighted by atomic mass is 16.8. The van der Waals surface area contributed by atoms with Gasteiger partial charge in [-0.15, -0.1) is 0 Å². The molecule has 74 heavy (non-hydrogen) atoms. The fraction of sp³-hybridized carbons (Fsp3) is 0.893. The van der Waals surface area contributed by atoms with Crippen molar-refractivity contribution >= 4 is 11.8 Å². The first-order valence-corrected chi connectivity index (χ1v) is 27.5. The predicted molar refractivity (Wildman–Crippen MR) is 267 cm³/mol. The van der Waals surface area contributed by atoms with Crippen molar-refractivity contribution in [2.24, 2.45) is 28.6 Å². The normalized spacial score (nSPS) is 48.8. The lowest BCUT2D eigenvalue weighted by Gasteiger charge is -2.66. The van der Waals surface area contributed by atoms with E-state index in [9.17, 15) is 24.9 Å². The second-order valence-electron chi connectivity index (χ2n) is 23.8. The lowest BCUT2D eigenvalue weighted by atomic mass is 9.43. The van der Waals surface area contributed by atoms with Gasteiger partial charge in [-0.2, -0.15) is 0 Å². The smallest absolute Gasteiger partial charge is 0.330 e. The number of methoxy groups -OCH3 is 4. The highest BCUT2D eigenvalue weighted by Crippen LogP contribution is 2.70. The van der Waals surface area contributed by atoms with E-state index in [4.69, 9.17) is 61.6 Å². The van der Waals surface area contributed by atoms with E-state index in [1.165, 1.54) is 13.0 Å². The molecule has 24 atom stereocenters. The molecule has 4 saturated heterocycles. The Morgan fingerprint density at radius 1 is 0.676 bits per heavy atom. The molecule has 0 radical (unpaired) electrons. The molecule has 4 aliphatic heterocycles. The van der Waals surface area contributed by atoms with E-state index in [0.717, 1.165) is 11.1 Å². The third-order valence-electron chi connectivity index (χ3n) is 19.4. The van der Waals surface area contributed by atoms with Gasteiger partial charge >= 0.3 is 5.97 Å². The van der Waals surface area contributed by atoms with Crippen molar-refractivity contribution in [2.45, 2.75) is 262 Å². The largest absolute Gasteiger partial charge is 0.458 e. The summed E-state index contributed by atoms with van der Waals surface area (Å²) >= 11 is 0. The van der Waals surface area contributed by atoms with Gasteiger partial charge in [-0.25, -0.2) is 4.79 Å². The van der Waals surface area contributed by atoms with E-state index < -0.39 is 126 Å². The van der Waals surface area contributed by atoms with Crippen molar-refractivity contribution in [2.75, 3.05) is 28.4 Å². The number of aliphatic hydroxyl groups is 3. The summed E-state index contributed by atoms with van der Waals surface area (Å²) in [4.78, 5) is 26.8. The van der Waals surface area contributed by atoms with Gasteiger partial charge in [0.25, 0.3) is 0 Å². The molecule has 18 nitrogen and oxygen atoms in total. The maximum Gasteiger partial charge on any atom is 0.330 e. The van der Waals surface area contributed by atoms with Gasteiger partial charge in [-0.3, -0.25) is 4.79 Å². The number of carbonyl (C=O) groups excluding carboxylic acids is 2. The summed E-state index contributed by atoms with van der Waals surface area (Å²) in [5, 5.41) is 36.3. The zero-order valence-electron chi connectivity index (χ0n) is 46.5. The summed E-state index contributed by atoms with van der Waals surface area (Å²) in [6.45, 7) is 19.1. The minimum absolute atomic E-state index is 0.0737. The zero-order chi connectivity index (χ0) is 53.8. The van der Waals surface area contributed by atoms with E-state index in [1.807, 2.05) is 48.5 Å². The third kappa shape index (κ3) is 10.8. The van der Waals surface area contributed by atoms with Crippen LogP contribution in [0.1, 0.15) is 140 Å². The molecule has 3 saturated carbocycles. The van der Waals surface area contributed by atoms with Crippen LogP contribution < -0.4 is 0 Å². The van der Waals surface area contributed by atoms with Crippen molar-refractivity contribution in [1.82, 2.24) is 0 Å². The quantitative estimate of drug-likeness (QED) is 0.0917. The first-order valence-electron chi connectivity index (χ1n) is 27.5. The molecule has 0 bridgehead atoms. The monoisotopic (exact) mass is 1050 g/mol. The molecule has 0 amide bonds. The topological polar surface area (TPSA) is 215 Å². The Hall–Kier alpha value is -1.98. The summed E-state index contributed by atoms with van der Waals surface area (Å²) in [6.07, 6.45) is -0.519. The summed E-state index contributed by atoms with van der Waals surface area (Å²) in [5.74, 6) is -1.42.